The number of benzene rings is 1. The van der Waals surface area contributed by atoms with Crippen molar-refractivity contribution in [2.24, 2.45) is 0 Å². The number of hydrogen-bond acceptors (Lipinski definition) is 3. The molecule has 1 heterocycles. The number of carbonyl (C=O) groups is 2. The lowest BCUT2D eigenvalue weighted by Crippen LogP contribution is -2.22. The molecule has 1 atom stereocenters. The predicted octanol–water partition coefficient (Wildman–Crippen LogP) is 2.14. The summed E-state index contributed by atoms with van der Waals surface area (Å²) in [5, 5.41) is 8.75. The van der Waals surface area contributed by atoms with Crippen molar-refractivity contribution < 1.29 is 19.4 Å². The number of nitrogens with zero attached hydrogens (tertiary/aromatic N) is 1. The van der Waals surface area contributed by atoms with Gasteiger partial charge in [0.2, 0.25) is 0 Å². The van der Waals surface area contributed by atoms with Gasteiger partial charge in [0.25, 0.3) is 0 Å². The van der Waals surface area contributed by atoms with Gasteiger partial charge in [0.15, 0.2) is 12.4 Å². The van der Waals surface area contributed by atoms with Crippen molar-refractivity contribution in [1.29, 1.82) is 0 Å². The molecule has 1 aromatic heterocycles. The summed E-state index contributed by atoms with van der Waals surface area (Å²) in [5.74, 6) is -0.545. The Morgan fingerprint density at radius 3 is 2.58 bits per heavy atom. The molecule has 0 aliphatic carbocycles. The van der Waals surface area contributed by atoms with Gasteiger partial charge in [0.05, 0.1) is 5.69 Å². The summed E-state index contributed by atoms with van der Waals surface area (Å²) in [7, 11) is 0. The molecule has 0 unspecified atom stereocenters. The largest absolute Gasteiger partial charge is 0.479 e. The molecule has 0 fully saturated rings. The van der Waals surface area contributed by atoms with Gasteiger partial charge in [0, 0.05) is 11.9 Å². The van der Waals surface area contributed by atoms with Crippen molar-refractivity contribution in [3.8, 4) is 11.4 Å². The molecule has 0 bridgehead atoms. The minimum atomic E-state index is -1.02. The molecule has 1 N–H and O–H groups in total. The Balaban J connectivity index is 2.19. The van der Waals surface area contributed by atoms with Crippen LogP contribution in [0.2, 0.25) is 0 Å². The maximum absolute atomic E-state index is 10.8. The zero-order valence-corrected chi connectivity index (χ0v) is 10.3. The van der Waals surface area contributed by atoms with E-state index in [2.05, 4.69) is 0 Å². The van der Waals surface area contributed by atoms with Gasteiger partial charge >= 0.3 is 5.97 Å². The van der Waals surface area contributed by atoms with Gasteiger partial charge in [-0.05, 0) is 43.3 Å². The molecular weight excluding hydrogens is 246 g/mol. The fourth-order valence-corrected chi connectivity index (χ4v) is 1.67. The molecule has 5 nitrogen and oxygen atoms in total. The van der Waals surface area contributed by atoms with Gasteiger partial charge in [-0.1, -0.05) is 0 Å². The Kier molecular flexibility index (Phi) is 3.66. The van der Waals surface area contributed by atoms with Gasteiger partial charge in [-0.3, -0.25) is 4.79 Å². The first-order chi connectivity index (χ1) is 9.11. The van der Waals surface area contributed by atoms with Crippen LogP contribution in [0.25, 0.3) is 5.69 Å². The molecular formula is C14H13NO4. The van der Waals surface area contributed by atoms with Gasteiger partial charge in [-0.15, -0.1) is 0 Å². The minimum Gasteiger partial charge on any atom is -0.479 e. The number of aldehydes is 1. The van der Waals surface area contributed by atoms with Crippen molar-refractivity contribution in [3.63, 3.8) is 0 Å². The summed E-state index contributed by atoms with van der Waals surface area (Å²) in [5.41, 5.74) is 1.36. The molecule has 1 aromatic carbocycles. The van der Waals surface area contributed by atoms with E-state index < -0.39 is 12.1 Å². The van der Waals surface area contributed by atoms with E-state index in [0.717, 1.165) is 12.0 Å². The van der Waals surface area contributed by atoms with Crippen LogP contribution in [0.4, 0.5) is 0 Å². The molecule has 0 aliphatic rings. The topological polar surface area (TPSA) is 68.5 Å². The standard InChI is InChI=1S/C14H13NO4/c1-10(14(17)18)19-13-6-4-11(5-7-13)15-8-2-3-12(15)9-16/h2-10H,1H3,(H,17,18)/t10-/m1/s1. The quantitative estimate of drug-likeness (QED) is 0.835. The lowest BCUT2D eigenvalue weighted by molar-refractivity contribution is -0.144. The molecule has 19 heavy (non-hydrogen) atoms. The average Bonchev–Trinajstić information content (AvgIpc) is 2.87. The summed E-state index contributed by atoms with van der Waals surface area (Å²) in [6.45, 7) is 1.46. The molecule has 2 rings (SSSR count). The van der Waals surface area contributed by atoms with Crippen molar-refractivity contribution >= 4 is 12.3 Å². The van der Waals surface area contributed by atoms with Gasteiger partial charge in [-0.2, -0.15) is 0 Å². The smallest absolute Gasteiger partial charge is 0.344 e. The first kappa shape index (κ1) is 12.9. The SMILES string of the molecule is C[C@@H](Oc1ccc(-n2cccc2C=O)cc1)C(=O)O. The Bertz CT molecular complexity index is 586. The number of carboxylic acid groups (broad SMARTS) is 1. The maximum Gasteiger partial charge on any atom is 0.344 e. The Labute approximate surface area is 110 Å². The van der Waals surface area contributed by atoms with Gasteiger partial charge < -0.3 is 14.4 Å². The van der Waals surface area contributed by atoms with Crippen LogP contribution < -0.4 is 4.74 Å². The number of ether oxygens (including phenoxy) is 1. The first-order valence-electron chi connectivity index (χ1n) is 5.74. The summed E-state index contributed by atoms with van der Waals surface area (Å²) < 4.78 is 6.96. The van der Waals surface area contributed by atoms with E-state index >= 15 is 0 Å². The Hall–Kier alpha value is -2.56. The highest BCUT2D eigenvalue weighted by atomic mass is 16.5. The summed E-state index contributed by atoms with van der Waals surface area (Å²) in [6, 6.07) is 10.4. The van der Waals surface area contributed by atoms with Crippen molar-refractivity contribution in [1.82, 2.24) is 4.57 Å². The Morgan fingerprint density at radius 2 is 2.00 bits per heavy atom. The monoisotopic (exact) mass is 259 g/mol. The van der Waals surface area contributed by atoms with Crippen molar-refractivity contribution in [2.45, 2.75) is 13.0 Å². The molecule has 98 valence electrons. The third kappa shape index (κ3) is 2.82. The first-order valence-corrected chi connectivity index (χ1v) is 5.74. The molecule has 0 spiro atoms. The van der Waals surface area contributed by atoms with Crippen molar-refractivity contribution in [2.75, 3.05) is 0 Å². The number of carboxylic acids is 1. The fraction of sp³-hybridized carbons (Fsp3) is 0.143. The molecule has 0 saturated heterocycles. The Morgan fingerprint density at radius 1 is 1.32 bits per heavy atom. The second-order valence-corrected chi connectivity index (χ2v) is 4.01. The van der Waals surface area contributed by atoms with Crippen LogP contribution in [0.1, 0.15) is 17.4 Å². The normalized spacial score (nSPS) is 11.8. The van der Waals surface area contributed by atoms with Crippen LogP contribution in [0.15, 0.2) is 42.6 Å². The zero-order chi connectivity index (χ0) is 13.8. The van der Waals surface area contributed by atoms with E-state index in [9.17, 15) is 9.59 Å². The van der Waals surface area contributed by atoms with E-state index in [0.29, 0.717) is 11.4 Å². The van der Waals surface area contributed by atoms with E-state index in [4.69, 9.17) is 9.84 Å². The molecule has 0 radical (unpaired) electrons. The lowest BCUT2D eigenvalue weighted by atomic mass is 10.3. The van der Waals surface area contributed by atoms with E-state index in [-0.39, 0.29) is 0 Å². The maximum atomic E-state index is 10.8. The molecule has 5 heteroatoms. The van der Waals surface area contributed by atoms with Crippen LogP contribution in [0, 0.1) is 0 Å². The molecule has 0 amide bonds. The summed E-state index contributed by atoms with van der Waals surface area (Å²) in [6.07, 6.45) is 1.65. The van der Waals surface area contributed by atoms with Crippen molar-refractivity contribution in [3.05, 3.63) is 48.3 Å². The lowest BCUT2D eigenvalue weighted by Gasteiger charge is -2.11. The third-order valence-corrected chi connectivity index (χ3v) is 2.68. The van der Waals surface area contributed by atoms with Crippen LogP contribution in [0.3, 0.4) is 0 Å². The van der Waals surface area contributed by atoms with Crippen LogP contribution >= 0.6 is 0 Å². The van der Waals surface area contributed by atoms with E-state index in [1.165, 1.54) is 6.92 Å². The number of aliphatic carboxylic acids is 1. The summed E-state index contributed by atoms with van der Waals surface area (Å²) in [4.78, 5) is 21.5. The number of aromatic nitrogens is 1. The second kappa shape index (κ2) is 5.39. The van der Waals surface area contributed by atoms with E-state index in [1.54, 1.807) is 47.2 Å². The predicted molar refractivity (Wildman–Crippen MR) is 68.9 cm³/mol. The highest BCUT2D eigenvalue weighted by molar-refractivity contribution is 5.74. The second-order valence-electron chi connectivity index (χ2n) is 4.01. The molecule has 0 aliphatic heterocycles. The fourth-order valence-electron chi connectivity index (χ4n) is 1.67. The highest BCUT2D eigenvalue weighted by Gasteiger charge is 2.12. The third-order valence-electron chi connectivity index (χ3n) is 2.68. The molecule has 2 aromatic rings. The zero-order valence-electron chi connectivity index (χ0n) is 10.3. The van der Waals surface area contributed by atoms with Crippen LogP contribution in [0.5, 0.6) is 5.75 Å². The van der Waals surface area contributed by atoms with E-state index in [1.807, 2.05) is 0 Å². The average molecular weight is 259 g/mol. The number of rotatable bonds is 5. The molecule has 0 saturated carbocycles. The van der Waals surface area contributed by atoms with Crippen LogP contribution in [-0.2, 0) is 4.79 Å². The van der Waals surface area contributed by atoms with Gasteiger partial charge in [-0.25, -0.2) is 4.79 Å². The van der Waals surface area contributed by atoms with Crippen LogP contribution in [-0.4, -0.2) is 28.0 Å². The van der Waals surface area contributed by atoms with Gasteiger partial charge in [0.1, 0.15) is 5.75 Å². The number of carbonyl (C=O) groups excluding carboxylic acids is 1. The highest BCUT2D eigenvalue weighted by Crippen LogP contribution is 2.18. The minimum absolute atomic E-state index is 0.471. The summed E-state index contributed by atoms with van der Waals surface area (Å²) >= 11 is 0. The number of hydrogen-bond donors (Lipinski definition) is 1.